The van der Waals surface area contributed by atoms with E-state index in [0.717, 1.165) is 6.07 Å². The van der Waals surface area contributed by atoms with Crippen molar-refractivity contribution in [2.24, 2.45) is 11.3 Å². The number of rotatable bonds is 5. The van der Waals surface area contributed by atoms with Crippen LogP contribution in [0.1, 0.15) is 34.8 Å². The summed E-state index contributed by atoms with van der Waals surface area (Å²) in [5.74, 6) is -0.137. The highest BCUT2D eigenvalue weighted by Gasteiger charge is 2.51. The van der Waals surface area contributed by atoms with Crippen LogP contribution in [-0.4, -0.2) is 60.2 Å². The molecule has 0 spiro atoms. The first-order chi connectivity index (χ1) is 15.8. The van der Waals surface area contributed by atoms with Gasteiger partial charge in [-0.2, -0.15) is 18.4 Å². The van der Waals surface area contributed by atoms with Crippen LogP contribution in [0, 0.1) is 22.7 Å². The molecule has 4 rings (SSSR count). The molecule has 7 nitrogen and oxygen atoms in total. The molecule has 10 heteroatoms. The molecule has 1 aromatic heterocycles. The van der Waals surface area contributed by atoms with Crippen LogP contribution < -0.4 is 4.90 Å². The molecule has 0 bridgehead atoms. The van der Waals surface area contributed by atoms with Crippen molar-refractivity contribution in [3.8, 4) is 6.07 Å². The minimum atomic E-state index is -4.61. The van der Waals surface area contributed by atoms with Gasteiger partial charge in [-0.25, -0.2) is 9.97 Å². The van der Waals surface area contributed by atoms with Gasteiger partial charge in [-0.1, -0.05) is 0 Å². The molecule has 2 saturated heterocycles. The topological polar surface area (TPSA) is 82.4 Å². The first-order valence-electron chi connectivity index (χ1n) is 10.8. The lowest BCUT2D eigenvalue weighted by Crippen LogP contribution is -2.49. The van der Waals surface area contributed by atoms with E-state index in [4.69, 9.17) is 10.00 Å². The third-order valence-corrected chi connectivity index (χ3v) is 6.62. The standard InChI is InChI=1S/C23H24F3N5O2/c1-2-33-14-22-5-6-30(19-4-3-16(8-27)20(7-19)23(24,25)26)11-18(22)12-31(13-22)21(32)17-9-28-15-29-10-17/h3-4,7,9-10,15,18H,2,5-6,11-14H2,1H3/t18-,22+/m1/s1. The highest BCUT2D eigenvalue weighted by molar-refractivity contribution is 5.93. The lowest BCUT2D eigenvalue weighted by Gasteiger charge is -2.44. The fourth-order valence-electron chi connectivity index (χ4n) is 4.87. The normalized spacial score (nSPS) is 22.7. The third-order valence-electron chi connectivity index (χ3n) is 6.62. The number of fused-ring (bicyclic) bond motifs is 1. The molecule has 2 atom stereocenters. The number of carbonyl (C=O) groups is 1. The lowest BCUT2D eigenvalue weighted by atomic mass is 9.73. The Morgan fingerprint density at radius 3 is 2.73 bits per heavy atom. The average molecular weight is 459 g/mol. The summed E-state index contributed by atoms with van der Waals surface area (Å²) in [6.45, 7) is 4.95. The van der Waals surface area contributed by atoms with Crippen LogP contribution in [0.15, 0.2) is 36.9 Å². The van der Waals surface area contributed by atoms with Gasteiger partial charge in [0.05, 0.1) is 29.4 Å². The van der Waals surface area contributed by atoms with E-state index < -0.39 is 17.3 Å². The first kappa shape index (κ1) is 23.0. The monoisotopic (exact) mass is 459 g/mol. The molecule has 0 aliphatic carbocycles. The molecule has 2 aliphatic heterocycles. The van der Waals surface area contributed by atoms with Crippen molar-refractivity contribution in [2.75, 3.05) is 44.3 Å². The summed E-state index contributed by atoms with van der Waals surface area (Å²) in [5.41, 5.74) is -0.760. The summed E-state index contributed by atoms with van der Waals surface area (Å²) in [6, 6.07) is 5.45. The Bertz CT molecular complexity index is 1060. The Morgan fingerprint density at radius 1 is 1.30 bits per heavy atom. The minimum Gasteiger partial charge on any atom is -0.381 e. The summed E-state index contributed by atoms with van der Waals surface area (Å²) < 4.78 is 46.2. The van der Waals surface area contributed by atoms with E-state index in [1.54, 1.807) is 17.0 Å². The molecular formula is C23H24F3N5O2. The largest absolute Gasteiger partial charge is 0.417 e. The highest BCUT2D eigenvalue weighted by atomic mass is 19.4. The highest BCUT2D eigenvalue weighted by Crippen LogP contribution is 2.45. The molecule has 174 valence electrons. The SMILES string of the molecule is CCOC[C@@]12CCN(c3ccc(C#N)c(C(F)(F)F)c3)C[C@@H]1CN(C(=O)c1cncnc1)C2. The maximum absolute atomic E-state index is 13.5. The van der Waals surface area contributed by atoms with Crippen molar-refractivity contribution in [3.63, 3.8) is 0 Å². The number of nitriles is 1. The van der Waals surface area contributed by atoms with Gasteiger partial charge in [-0.15, -0.1) is 0 Å². The molecule has 0 N–H and O–H groups in total. The van der Waals surface area contributed by atoms with Gasteiger partial charge in [0.2, 0.25) is 0 Å². The molecule has 1 amide bonds. The number of piperidine rings is 1. The van der Waals surface area contributed by atoms with Gasteiger partial charge < -0.3 is 14.5 Å². The Labute approximate surface area is 189 Å². The van der Waals surface area contributed by atoms with Crippen molar-refractivity contribution in [2.45, 2.75) is 19.5 Å². The second-order valence-electron chi connectivity index (χ2n) is 8.54. The molecule has 1 aromatic carbocycles. The van der Waals surface area contributed by atoms with Crippen LogP contribution >= 0.6 is 0 Å². The number of carbonyl (C=O) groups excluding carboxylic acids is 1. The molecule has 0 radical (unpaired) electrons. The summed E-state index contributed by atoms with van der Waals surface area (Å²) in [6.07, 6.45) is 0.391. The first-order valence-corrected chi connectivity index (χ1v) is 10.8. The number of ether oxygens (including phenoxy) is 1. The van der Waals surface area contributed by atoms with Crippen LogP contribution in [0.3, 0.4) is 0 Å². The van der Waals surface area contributed by atoms with E-state index in [0.29, 0.717) is 57.1 Å². The number of likely N-dealkylation sites (tertiary alicyclic amines) is 1. The smallest absolute Gasteiger partial charge is 0.381 e. The Hall–Kier alpha value is -3.19. The van der Waals surface area contributed by atoms with E-state index in [1.165, 1.54) is 24.8 Å². The third kappa shape index (κ3) is 4.50. The van der Waals surface area contributed by atoms with Crippen LogP contribution in [0.5, 0.6) is 0 Å². The van der Waals surface area contributed by atoms with E-state index in [-0.39, 0.29) is 17.2 Å². The van der Waals surface area contributed by atoms with Crippen molar-refractivity contribution >= 4 is 11.6 Å². The predicted octanol–water partition coefficient (Wildman–Crippen LogP) is 3.37. The number of hydrogen-bond donors (Lipinski definition) is 0. The van der Waals surface area contributed by atoms with Gasteiger partial charge in [-0.3, -0.25) is 4.79 Å². The van der Waals surface area contributed by atoms with Gasteiger partial charge in [0.25, 0.3) is 5.91 Å². The minimum absolute atomic E-state index is 0.0244. The van der Waals surface area contributed by atoms with Gasteiger partial charge in [0, 0.05) is 62.2 Å². The van der Waals surface area contributed by atoms with Gasteiger partial charge in [0.15, 0.2) is 0 Å². The number of alkyl halides is 3. The summed E-state index contributed by atoms with van der Waals surface area (Å²) in [4.78, 5) is 24.5. The quantitative estimate of drug-likeness (QED) is 0.682. The zero-order valence-corrected chi connectivity index (χ0v) is 18.2. The summed E-state index contributed by atoms with van der Waals surface area (Å²) in [5, 5.41) is 9.07. The van der Waals surface area contributed by atoms with Gasteiger partial charge >= 0.3 is 6.18 Å². The second-order valence-corrected chi connectivity index (χ2v) is 8.54. The number of amides is 1. The fourth-order valence-corrected chi connectivity index (χ4v) is 4.87. The number of benzene rings is 1. The summed E-state index contributed by atoms with van der Waals surface area (Å²) in [7, 11) is 0. The predicted molar refractivity (Wildman–Crippen MR) is 113 cm³/mol. The molecule has 0 saturated carbocycles. The molecule has 0 unspecified atom stereocenters. The summed E-state index contributed by atoms with van der Waals surface area (Å²) >= 11 is 0. The number of nitrogens with zero attached hydrogens (tertiary/aromatic N) is 5. The number of hydrogen-bond acceptors (Lipinski definition) is 6. The van der Waals surface area contributed by atoms with Crippen LogP contribution in [0.25, 0.3) is 0 Å². The van der Waals surface area contributed by atoms with Crippen molar-refractivity contribution in [1.82, 2.24) is 14.9 Å². The van der Waals surface area contributed by atoms with Crippen LogP contribution in [0.2, 0.25) is 0 Å². The maximum atomic E-state index is 13.5. The number of anilines is 1. The average Bonchev–Trinajstić information content (AvgIpc) is 3.21. The fraction of sp³-hybridized carbons (Fsp3) is 0.478. The molecule has 2 aromatic rings. The molecular weight excluding hydrogens is 435 g/mol. The van der Waals surface area contributed by atoms with Crippen molar-refractivity contribution in [1.29, 1.82) is 5.26 Å². The van der Waals surface area contributed by atoms with Gasteiger partial charge in [0.1, 0.15) is 6.33 Å². The Morgan fingerprint density at radius 2 is 2.06 bits per heavy atom. The zero-order chi connectivity index (χ0) is 23.6. The number of halogens is 3. The van der Waals surface area contributed by atoms with Crippen molar-refractivity contribution in [3.05, 3.63) is 53.6 Å². The molecule has 3 heterocycles. The molecule has 2 fully saturated rings. The van der Waals surface area contributed by atoms with E-state index >= 15 is 0 Å². The lowest BCUT2D eigenvalue weighted by molar-refractivity contribution is -0.137. The van der Waals surface area contributed by atoms with E-state index in [1.807, 2.05) is 11.8 Å². The zero-order valence-electron chi connectivity index (χ0n) is 18.2. The Kier molecular flexibility index (Phi) is 6.26. The molecule has 33 heavy (non-hydrogen) atoms. The second kappa shape index (κ2) is 8.98. The van der Waals surface area contributed by atoms with E-state index in [9.17, 15) is 18.0 Å². The van der Waals surface area contributed by atoms with Gasteiger partial charge in [-0.05, 0) is 31.5 Å². The van der Waals surface area contributed by atoms with Crippen molar-refractivity contribution < 1.29 is 22.7 Å². The van der Waals surface area contributed by atoms with E-state index in [2.05, 4.69) is 9.97 Å². The number of aromatic nitrogens is 2. The van der Waals surface area contributed by atoms with Crippen LogP contribution in [-0.2, 0) is 10.9 Å². The Balaban J connectivity index is 1.59. The maximum Gasteiger partial charge on any atom is 0.417 e. The van der Waals surface area contributed by atoms with Crippen LogP contribution in [0.4, 0.5) is 18.9 Å². The molecule has 2 aliphatic rings.